The zero-order chi connectivity index (χ0) is 15.1. The summed E-state index contributed by atoms with van der Waals surface area (Å²) >= 11 is 11.7. The molecule has 0 atom stereocenters. The van der Waals surface area contributed by atoms with Crippen LogP contribution in [0.3, 0.4) is 0 Å². The molecule has 21 heavy (non-hydrogen) atoms. The minimum absolute atomic E-state index is 0.0169. The first-order chi connectivity index (χ1) is 10.1. The number of hydrogen-bond donors (Lipinski definition) is 1. The number of ether oxygens (including phenoxy) is 1. The summed E-state index contributed by atoms with van der Waals surface area (Å²) in [7, 11) is 0. The molecule has 1 amide bonds. The first-order valence-electron chi connectivity index (χ1n) is 7.17. The monoisotopic (exact) mass is 327 g/mol. The molecule has 1 N–H and O–H groups in total. The maximum absolute atomic E-state index is 11.7. The molecular weight excluding hydrogens is 309 g/mol. The van der Waals surface area contributed by atoms with E-state index in [1.807, 2.05) is 0 Å². The van der Waals surface area contributed by atoms with Crippen LogP contribution >= 0.6 is 23.2 Å². The first kappa shape index (κ1) is 16.2. The molecule has 0 radical (unpaired) electrons. The third kappa shape index (κ3) is 5.60. The lowest BCUT2D eigenvalue weighted by atomic mass is 9.97. The second kappa shape index (κ2) is 8.30. The first-order valence-corrected chi connectivity index (χ1v) is 7.93. The molecule has 114 valence electrons. The number of carbonyl (C=O) groups excluding carboxylic acids is 1. The number of hydrogen-bond acceptors (Lipinski definition) is 2. The lowest BCUT2D eigenvalue weighted by Gasteiger charge is -2.13. The Morgan fingerprint density at radius 2 is 2.10 bits per heavy atom. The topological polar surface area (TPSA) is 38.3 Å². The number of nitrogens with one attached hydrogen (secondary N) is 1. The Balaban J connectivity index is 1.67. The maximum atomic E-state index is 11.7. The molecule has 5 heteroatoms. The number of rotatable bonds is 6. The van der Waals surface area contributed by atoms with Gasteiger partial charge in [0, 0.05) is 12.6 Å². The van der Waals surface area contributed by atoms with Crippen molar-refractivity contribution in [2.45, 2.75) is 32.1 Å². The van der Waals surface area contributed by atoms with Gasteiger partial charge in [0.05, 0.1) is 10.0 Å². The van der Waals surface area contributed by atoms with Crippen LogP contribution in [0.1, 0.15) is 32.1 Å². The molecule has 0 heterocycles. The second-order valence-corrected chi connectivity index (χ2v) is 5.89. The van der Waals surface area contributed by atoms with E-state index in [-0.39, 0.29) is 12.5 Å². The van der Waals surface area contributed by atoms with Crippen LogP contribution < -0.4 is 10.1 Å². The number of halogens is 2. The van der Waals surface area contributed by atoms with E-state index in [0.717, 1.165) is 12.8 Å². The SMILES string of the molecule is O=C(COc1ccc(Cl)c(Cl)c1)NCCC1=CCCCC1. The molecule has 1 aromatic rings. The van der Waals surface area contributed by atoms with Crippen molar-refractivity contribution >= 4 is 29.1 Å². The van der Waals surface area contributed by atoms with Crippen molar-refractivity contribution in [2.24, 2.45) is 0 Å². The van der Waals surface area contributed by atoms with Gasteiger partial charge in [-0.1, -0.05) is 34.9 Å². The van der Waals surface area contributed by atoms with Gasteiger partial charge in [0.2, 0.25) is 0 Å². The van der Waals surface area contributed by atoms with Gasteiger partial charge >= 0.3 is 0 Å². The molecule has 0 fully saturated rings. The number of amides is 1. The average molecular weight is 328 g/mol. The van der Waals surface area contributed by atoms with Crippen molar-refractivity contribution in [1.82, 2.24) is 5.32 Å². The lowest BCUT2D eigenvalue weighted by Crippen LogP contribution is -2.30. The number of carbonyl (C=O) groups is 1. The summed E-state index contributed by atoms with van der Waals surface area (Å²) in [6.07, 6.45) is 8.10. The van der Waals surface area contributed by atoms with Crippen molar-refractivity contribution in [2.75, 3.05) is 13.2 Å². The highest BCUT2D eigenvalue weighted by Gasteiger charge is 2.06. The van der Waals surface area contributed by atoms with Crippen molar-refractivity contribution in [3.8, 4) is 5.75 Å². The third-order valence-corrected chi connectivity index (χ3v) is 4.15. The van der Waals surface area contributed by atoms with E-state index in [4.69, 9.17) is 27.9 Å². The molecule has 0 bridgehead atoms. The summed E-state index contributed by atoms with van der Waals surface area (Å²) in [5.74, 6) is 0.409. The smallest absolute Gasteiger partial charge is 0.257 e. The number of benzene rings is 1. The summed E-state index contributed by atoms with van der Waals surface area (Å²) in [6, 6.07) is 4.94. The summed E-state index contributed by atoms with van der Waals surface area (Å²) in [4.78, 5) is 11.7. The van der Waals surface area contributed by atoms with Gasteiger partial charge in [0.1, 0.15) is 5.75 Å². The van der Waals surface area contributed by atoms with Crippen molar-refractivity contribution in [3.05, 3.63) is 39.9 Å². The minimum Gasteiger partial charge on any atom is -0.484 e. The molecule has 0 spiro atoms. The van der Waals surface area contributed by atoms with Crippen LogP contribution in [0.4, 0.5) is 0 Å². The van der Waals surface area contributed by atoms with Crippen LogP contribution in [0.5, 0.6) is 5.75 Å². The normalized spacial score (nSPS) is 14.5. The molecule has 0 saturated heterocycles. The summed E-state index contributed by atoms with van der Waals surface area (Å²) in [5, 5.41) is 3.74. The molecule has 3 nitrogen and oxygen atoms in total. The Bertz CT molecular complexity index is 529. The zero-order valence-electron chi connectivity index (χ0n) is 11.8. The predicted molar refractivity (Wildman–Crippen MR) is 86.1 cm³/mol. The van der Waals surface area contributed by atoms with E-state index in [1.54, 1.807) is 18.2 Å². The highest BCUT2D eigenvalue weighted by Crippen LogP contribution is 2.26. The van der Waals surface area contributed by atoms with E-state index in [1.165, 1.54) is 24.8 Å². The maximum Gasteiger partial charge on any atom is 0.257 e. The van der Waals surface area contributed by atoms with Crippen LogP contribution in [0.15, 0.2) is 29.8 Å². The van der Waals surface area contributed by atoms with E-state index >= 15 is 0 Å². The highest BCUT2D eigenvalue weighted by molar-refractivity contribution is 6.42. The standard InChI is InChI=1S/C16H19Cl2NO2/c17-14-7-6-13(10-15(14)18)21-11-16(20)19-9-8-12-4-2-1-3-5-12/h4,6-7,10H,1-3,5,8-9,11H2,(H,19,20). The third-order valence-electron chi connectivity index (χ3n) is 3.41. The molecular formula is C16H19Cl2NO2. The van der Waals surface area contributed by atoms with Gasteiger partial charge in [-0.05, 0) is 44.2 Å². The van der Waals surface area contributed by atoms with E-state index in [9.17, 15) is 4.79 Å². The predicted octanol–water partition coefficient (Wildman–Crippen LogP) is 4.38. The molecule has 0 unspecified atom stereocenters. The van der Waals surface area contributed by atoms with Crippen LogP contribution in [0.2, 0.25) is 10.0 Å². The van der Waals surface area contributed by atoms with Crippen molar-refractivity contribution < 1.29 is 9.53 Å². The molecule has 1 aromatic carbocycles. The van der Waals surface area contributed by atoms with Crippen LogP contribution in [-0.2, 0) is 4.79 Å². The lowest BCUT2D eigenvalue weighted by molar-refractivity contribution is -0.123. The largest absolute Gasteiger partial charge is 0.484 e. The van der Waals surface area contributed by atoms with E-state index < -0.39 is 0 Å². The van der Waals surface area contributed by atoms with Crippen molar-refractivity contribution in [1.29, 1.82) is 0 Å². The van der Waals surface area contributed by atoms with E-state index in [0.29, 0.717) is 22.3 Å². The Morgan fingerprint density at radius 1 is 1.24 bits per heavy atom. The van der Waals surface area contributed by atoms with Crippen LogP contribution in [0, 0.1) is 0 Å². The molecule has 0 saturated carbocycles. The van der Waals surface area contributed by atoms with Gasteiger partial charge in [-0.2, -0.15) is 0 Å². The zero-order valence-corrected chi connectivity index (χ0v) is 13.3. The van der Waals surface area contributed by atoms with Gasteiger partial charge in [-0.25, -0.2) is 0 Å². The summed E-state index contributed by atoms with van der Waals surface area (Å²) in [5.41, 5.74) is 1.45. The Morgan fingerprint density at radius 3 is 2.81 bits per heavy atom. The summed E-state index contributed by atoms with van der Waals surface area (Å²) < 4.78 is 5.38. The van der Waals surface area contributed by atoms with Gasteiger partial charge < -0.3 is 10.1 Å². The second-order valence-electron chi connectivity index (χ2n) is 5.07. The number of allylic oxidation sites excluding steroid dienone is 1. The molecule has 1 aliphatic carbocycles. The van der Waals surface area contributed by atoms with Crippen LogP contribution in [0.25, 0.3) is 0 Å². The fourth-order valence-corrected chi connectivity index (χ4v) is 2.55. The molecule has 0 aliphatic heterocycles. The molecule has 2 rings (SSSR count). The summed E-state index contributed by atoms with van der Waals surface area (Å²) in [6.45, 7) is 0.645. The quantitative estimate of drug-likeness (QED) is 0.787. The van der Waals surface area contributed by atoms with Crippen LogP contribution in [-0.4, -0.2) is 19.1 Å². The van der Waals surface area contributed by atoms with Crippen molar-refractivity contribution in [3.63, 3.8) is 0 Å². The van der Waals surface area contributed by atoms with Gasteiger partial charge in [-0.3, -0.25) is 4.79 Å². The fraction of sp³-hybridized carbons (Fsp3) is 0.438. The molecule has 0 aromatic heterocycles. The highest BCUT2D eigenvalue weighted by atomic mass is 35.5. The van der Waals surface area contributed by atoms with E-state index in [2.05, 4.69) is 11.4 Å². The average Bonchev–Trinajstić information content (AvgIpc) is 2.49. The van der Waals surface area contributed by atoms with Gasteiger partial charge in [0.15, 0.2) is 6.61 Å². The van der Waals surface area contributed by atoms with Gasteiger partial charge in [-0.15, -0.1) is 0 Å². The van der Waals surface area contributed by atoms with Gasteiger partial charge in [0.25, 0.3) is 5.91 Å². The Hall–Kier alpha value is -1.19. The Kier molecular flexibility index (Phi) is 6.40. The fourth-order valence-electron chi connectivity index (χ4n) is 2.26. The molecule has 1 aliphatic rings. The minimum atomic E-state index is -0.127. The Labute approximate surface area is 135 Å².